The first-order valence-electron chi connectivity index (χ1n) is 7.71. The minimum absolute atomic E-state index is 0.734. The molecule has 0 atom stereocenters. The van der Waals surface area contributed by atoms with Crippen LogP contribution in [0.4, 0.5) is 0 Å². The van der Waals surface area contributed by atoms with Crippen LogP contribution in [0.1, 0.15) is 45.1 Å². The Morgan fingerprint density at radius 2 is 1.89 bits per heavy atom. The van der Waals surface area contributed by atoms with Crippen LogP contribution in [0.25, 0.3) is 0 Å². The molecule has 1 aromatic carbocycles. The highest BCUT2D eigenvalue weighted by atomic mass is 16.5. The molecule has 0 amide bonds. The maximum atomic E-state index is 5.65. The molecule has 0 radical (unpaired) electrons. The van der Waals surface area contributed by atoms with Gasteiger partial charge in [-0.05, 0) is 44.2 Å². The molecule has 1 fully saturated rings. The highest BCUT2D eigenvalue weighted by molar-refractivity contribution is 5.33. The van der Waals surface area contributed by atoms with Crippen LogP contribution < -0.4 is 10.1 Å². The zero-order chi connectivity index (χ0) is 13.5. The van der Waals surface area contributed by atoms with Crippen molar-refractivity contribution in [1.82, 2.24) is 5.32 Å². The third-order valence-electron chi connectivity index (χ3n) is 4.16. The number of ether oxygens (including phenoxy) is 1. The summed E-state index contributed by atoms with van der Waals surface area (Å²) in [5, 5.41) is 3.61. The van der Waals surface area contributed by atoms with Crippen molar-refractivity contribution in [2.24, 2.45) is 11.8 Å². The maximum Gasteiger partial charge on any atom is 0.123 e. The van der Waals surface area contributed by atoms with Crippen molar-refractivity contribution in [3.8, 4) is 5.75 Å². The summed E-state index contributed by atoms with van der Waals surface area (Å²) in [6, 6.07) is 8.34. The van der Waals surface area contributed by atoms with Gasteiger partial charge in [-0.25, -0.2) is 0 Å². The van der Waals surface area contributed by atoms with Crippen LogP contribution in [0, 0.1) is 11.8 Å². The number of hydrogen-bond acceptors (Lipinski definition) is 2. The fraction of sp³-hybridized carbons (Fsp3) is 0.647. The van der Waals surface area contributed by atoms with Crippen LogP contribution in [-0.2, 0) is 6.54 Å². The second-order valence-corrected chi connectivity index (χ2v) is 5.80. The lowest BCUT2D eigenvalue weighted by molar-refractivity contribution is 0.280. The predicted octanol–water partition coefficient (Wildman–Crippen LogP) is 4.00. The molecule has 0 bridgehead atoms. The van der Waals surface area contributed by atoms with Crippen molar-refractivity contribution in [3.63, 3.8) is 0 Å². The van der Waals surface area contributed by atoms with E-state index in [-0.39, 0.29) is 0 Å². The highest BCUT2D eigenvalue weighted by Crippen LogP contribution is 2.27. The molecule has 2 heteroatoms. The molecule has 2 rings (SSSR count). The first kappa shape index (κ1) is 14.4. The van der Waals surface area contributed by atoms with Gasteiger partial charge in [0.2, 0.25) is 0 Å². The molecule has 106 valence electrons. The van der Waals surface area contributed by atoms with Crippen molar-refractivity contribution >= 4 is 0 Å². The largest absolute Gasteiger partial charge is 0.494 e. The standard InChI is InChI=1S/C17H27NO/c1-3-19-17-7-5-4-6-16(17)13-18-12-15-10-8-14(2)9-11-15/h4-7,14-15,18H,3,8-13H2,1-2H3. The van der Waals surface area contributed by atoms with Crippen LogP contribution >= 0.6 is 0 Å². The Labute approximate surface area is 117 Å². The van der Waals surface area contributed by atoms with E-state index in [1.54, 1.807) is 0 Å². The Bertz CT molecular complexity index is 369. The van der Waals surface area contributed by atoms with Crippen LogP contribution in [0.15, 0.2) is 24.3 Å². The van der Waals surface area contributed by atoms with Crippen molar-refractivity contribution in [2.45, 2.75) is 46.1 Å². The molecule has 0 saturated heterocycles. The SMILES string of the molecule is CCOc1ccccc1CNCC1CCC(C)CC1. The van der Waals surface area contributed by atoms with Gasteiger partial charge in [0.25, 0.3) is 0 Å². The van der Waals surface area contributed by atoms with E-state index in [1.165, 1.54) is 31.2 Å². The topological polar surface area (TPSA) is 21.3 Å². The summed E-state index contributed by atoms with van der Waals surface area (Å²) in [5.41, 5.74) is 1.27. The Kier molecular flexibility index (Phi) is 5.71. The lowest BCUT2D eigenvalue weighted by Crippen LogP contribution is -2.25. The number of hydrogen-bond donors (Lipinski definition) is 1. The quantitative estimate of drug-likeness (QED) is 0.835. The monoisotopic (exact) mass is 261 g/mol. The molecule has 1 N–H and O–H groups in total. The van der Waals surface area contributed by atoms with Crippen molar-refractivity contribution < 1.29 is 4.74 Å². The normalized spacial score (nSPS) is 23.3. The number of nitrogens with one attached hydrogen (secondary N) is 1. The predicted molar refractivity (Wildman–Crippen MR) is 80.4 cm³/mol. The molecule has 0 spiro atoms. The summed E-state index contributed by atoms with van der Waals surface area (Å²) < 4.78 is 5.65. The second-order valence-electron chi connectivity index (χ2n) is 5.80. The summed E-state index contributed by atoms with van der Waals surface area (Å²) >= 11 is 0. The molecule has 19 heavy (non-hydrogen) atoms. The molecule has 2 nitrogen and oxygen atoms in total. The van der Waals surface area contributed by atoms with Crippen LogP contribution in [0.2, 0.25) is 0 Å². The van der Waals surface area contributed by atoms with Gasteiger partial charge in [-0.3, -0.25) is 0 Å². The van der Waals surface area contributed by atoms with E-state index >= 15 is 0 Å². The molecule has 0 aromatic heterocycles. The number of para-hydroxylation sites is 1. The van der Waals surface area contributed by atoms with Crippen LogP contribution in [0.5, 0.6) is 5.75 Å². The Morgan fingerprint density at radius 3 is 2.63 bits per heavy atom. The van der Waals surface area contributed by atoms with Gasteiger partial charge in [-0.2, -0.15) is 0 Å². The van der Waals surface area contributed by atoms with Gasteiger partial charge in [0.05, 0.1) is 6.61 Å². The average molecular weight is 261 g/mol. The van der Waals surface area contributed by atoms with Gasteiger partial charge in [0.15, 0.2) is 0 Å². The van der Waals surface area contributed by atoms with Crippen LogP contribution in [0.3, 0.4) is 0 Å². The van der Waals surface area contributed by atoms with Crippen molar-refractivity contribution in [3.05, 3.63) is 29.8 Å². The molecular weight excluding hydrogens is 234 g/mol. The average Bonchev–Trinajstić information content (AvgIpc) is 2.43. The third kappa shape index (κ3) is 4.54. The van der Waals surface area contributed by atoms with E-state index in [1.807, 2.05) is 13.0 Å². The van der Waals surface area contributed by atoms with Gasteiger partial charge in [0.1, 0.15) is 5.75 Å². The van der Waals surface area contributed by atoms with E-state index in [2.05, 4.69) is 30.4 Å². The van der Waals surface area contributed by atoms with Crippen LogP contribution in [-0.4, -0.2) is 13.2 Å². The Morgan fingerprint density at radius 1 is 1.16 bits per heavy atom. The zero-order valence-electron chi connectivity index (χ0n) is 12.3. The first-order valence-corrected chi connectivity index (χ1v) is 7.71. The van der Waals surface area contributed by atoms with Gasteiger partial charge in [0, 0.05) is 12.1 Å². The number of benzene rings is 1. The van der Waals surface area contributed by atoms with Crippen molar-refractivity contribution in [2.75, 3.05) is 13.2 Å². The minimum Gasteiger partial charge on any atom is -0.494 e. The second kappa shape index (κ2) is 7.54. The molecular formula is C17H27NO. The van der Waals surface area contributed by atoms with Crippen molar-refractivity contribution in [1.29, 1.82) is 0 Å². The molecule has 0 aliphatic heterocycles. The van der Waals surface area contributed by atoms with Gasteiger partial charge >= 0.3 is 0 Å². The van der Waals surface area contributed by atoms with E-state index < -0.39 is 0 Å². The fourth-order valence-electron chi connectivity index (χ4n) is 2.89. The molecule has 1 aliphatic carbocycles. The van der Waals surface area contributed by atoms with E-state index in [4.69, 9.17) is 4.74 Å². The first-order chi connectivity index (χ1) is 9.29. The summed E-state index contributed by atoms with van der Waals surface area (Å²) in [4.78, 5) is 0. The van der Waals surface area contributed by atoms with Gasteiger partial charge in [-0.15, -0.1) is 0 Å². The molecule has 1 aromatic rings. The molecule has 0 unspecified atom stereocenters. The lowest BCUT2D eigenvalue weighted by atomic mass is 9.83. The zero-order valence-corrected chi connectivity index (χ0v) is 12.3. The van der Waals surface area contributed by atoms with Gasteiger partial charge in [-0.1, -0.05) is 38.0 Å². The van der Waals surface area contributed by atoms with E-state index in [9.17, 15) is 0 Å². The van der Waals surface area contributed by atoms with E-state index in [0.29, 0.717) is 0 Å². The maximum absolute atomic E-state index is 5.65. The number of rotatable bonds is 6. The molecule has 1 aliphatic rings. The van der Waals surface area contributed by atoms with E-state index in [0.717, 1.165) is 37.3 Å². The summed E-state index contributed by atoms with van der Waals surface area (Å²) in [6.45, 7) is 7.21. The Balaban J connectivity index is 1.76. The summed E-state index contributed by atoms with van der Waals surface area (Å²) in [6.07, 6.45) is 5.59. The lowest BCUT2D eigenvalue weighted by Gasteiger charge is -2.26. The fourth-order valence-corrected chi connectivity index (χ4v) is 2.89. The van der Waals surface area contributed by atoms with Gasteiger partial charge < -0.3 is 10.1 Å². The smallest absolute Gasteiger partial charge is 0.123 e. The highest BCUT2D eigenvalue weighted by Gasteiger charge is 2.17. The third-order valence-corrected chi connectivity index (χ3v) is 4.16. The molecule has 1 saturated carbocycles. The minimum atomic E-state index is 0.734. The molecule has 0 heterocycles. The summed E-state index contributed by atoms with van der Waals surface area (Å²) in [5.74, 6) is 2.83. The summed E-state index contributed by atoms with van der Waals surface area (Å²) in [7, 11) is 0. The Hall–Kier alpha value is -1.02.